The fourth-order valence-corrected chi connectivity index (χ4v) is 9.13. The molecule has 0 radical (unpaired) electrons. The molecule has 376 valence electrons. The Morgan fingerprint density at radius 2 is 0.639 bits per heavy atom. The van der Waals surface area contributed by atoms with E-state index in [0.717, 1.165) is 164 Å². The van der Waals surface area contributed by atoms with E-state index in [1.54, 1.807) is 0 Å². The number of anilines is 6. The third-order valence-electron chi connectivity index (χ3n) is 13.2. The molecule has 0 heterocycles. The van der Waals surface area contributed by atoms with Crippen LogP contribution in [0.1, 0.15) is 105 Å². The lowest BCUT2D eigenvalue weighted by atomic mass is 10.1. The summed E-state index contributed by atoms with van der Waals surface area (Å²) in [5, 5.41) is 0. The predicted octanol–water partition coefficient (Wildman–Crippen LogP) is 14.9. The summed E-state index contributed by atoms with van der Waals surface area (Å²) in [6.45, 7) is 47.8. The van der Waals surface area contributed by atoms with Crippen molar-refractivity contribution in [2.75, 3.05) is 98.1 Å². The molecule has 0 unspecified atom stereocenters. The monoisotopic (exact) mass is 965 g/mol. The van der Waals surface area contributed by atoms with Gasteiger partial charge in [0.1, 0.15) is 6.54 Å². The summed E-state index contributed by atoms with van der Waals surface area (Å²) < 4.78 is 4.77. The highest BCUT2D eigenvalue weighted by atomic mass is 15.2. The Kier molecular flexibility index (Phi) is 24.8. The van der Waals surface area contributed by atoms with Crippen LogP contribution in [0.5, 0.6) is 0 Å². The molecule has 0 amide bonds. The van der Waals surface area contributed by atoms with E-state index < -0.39 is 0 Å². The largest absolute Gasteiger partial charge is 0.371 e. The zero-order valence-corrected chi connectivity index (χ0v) is 44.0. The number of unbranched alkanes of at least 4 members (excludes halogenated alkanes) is 4. The normalized spacial score (nSPS) is 11.6. The van der Waals surface area contributed by atoms with Crippen molar-refractivity contribution >= 4 is 56.9 Å². The van der Waals surface area contributed by atoms with Gasteiger partial charge in [-0.2, -0.15) is 4.58 Å². The van der Waals surface area contributed by atoms with Crippen molar-refractivity contribution in [2.24, 2.45) is 0 Å². The first-order valence-electron chi connectivity index (χ1n) is 26.9. The van der Waals surface area contributed by atoms with E-state index in [1.165, 1.54) is 22.8 Å². The van der Waals surface area contributed by atoms with Gasteiger partial charge >= 0.3 is 0 Å². The van der Waals surface area contributed by atoms with Gasteiger partial charge in [0.25, 0.3) is 0 Å². The van der Waals surface area contributed by atoms with Crippen LogP contribution < -0.4 is 24.2 Å². The molecule has 0 spiro atoms. The van der Waals surface area contributed by atoms with Crippen molar-refractivity contribution in [3.05, 3.63) is 167 Å². The predicted molar refractivity (Wildman–Crippen MR) is 308 cm³/mol. The first-order valence-corrected chi connectivity index (χ1v) is 26.9. The second-order valence-electron chi connectivity index (χ2n) is 18.6. The third-order valence-corrected chi connectivity index (χ3v) is 13.2. The van der Waals surface area contributed by atoms with Gasteiger partial charge in [-0.3, -0.25) is 0 Å². The maximum atomic E-state index is 7.35. The van der Waals surface area contributed by atoms with E-state index >= 15 is 0 Å². The molecule has 0 fully saturated rings. The van der Waals surface area contributed by atoms with Crippen LogP contribution >= 0.6 is 0 Å². The van der Waals surface area contributed by atoms with E-state index in [9.17, 15) is 0 Å². The van der Waals surface area contributed by atoms with Gasteiger partial charge in [0, 0.05) is 148 Å². The third kappa shape index (κ3) is 17.0. The minimum atomic E-state index is 0.537. The summed E-state index contributed by atoms with van der Waals surface area (Å²) in [7, 11) is 0. The molecule has 0 N–H and O–H groups in total. The average Bonchev–Trinajstić information content (AvgIpc) is 3.42. The SMILES string of the molecule is [C-]#[N+]CCCN(CCCC)c1ccc(N(c2ccc(N(CCCC)CCC[N+]#[C-])cc2)c2ccc([N+](=C3C=CC(=[N+](CCCC)CCC[N+]#[C-])C=C3)c3ccc(N(CCCC)CCC[N+]#[C-])cc3)cc2)cc1. The summed E-state index contributed by atoms with van der Waals surface area (Å²) in [5.41, 5.74) is 11.0. The fraction of sp³-hybridized carbons (Fsp3) is 0.452. The Hall–Kier alpha value is -7.14. The molecule has 1 aliphatic carbocycles. The molecule has 1 aliphatic rings. The minimum Gasteiger partial charge on any atom is -0.371 e. The van der Waals surface area contributed by atoms with Gasteiger partial charge in [-0.05, 0) is 92.1 Å². The van der Waals surface area contributed by atoms with Crippen LogP contribution in [0.4, 0.5) is 45.5 Å². The Balaban J connectivity index is 1.61. The number of hydrogen-bond donors (Lipinski definition) is 0. The molecule has 10 nitrogen and oxygen atoms in total. The molecular formula is C62H80N10+2. The first-order chi connectivity index (χ1) is 35.4. The second-order valence-corrected chi connectivity index (χ2v) is 18.6. The lowest BCUT2D eigenvalue weighted by molar-refractivity contribution is -0.527. The lowest BCUT2D eigenvalue weighted by Crippen LogP contribution is -2.26. The highest BCUT2D eigenvalue weighted by Gasteiger charge is 2.24. The summed E-state index contributed by atoms with van der Waals surface area (Å²) >= 11 is 0. The molecule has 0 saturated heterocycles. The Morgan fingerprint density at radius 1 is 0.347 bits per heavy atom. The zero-order chi connectivity index (χ0) is 51.2. The van der Waals surface area contributed by atoms with Crippen LogP contribution in [0.15, 0.2) is 121 Å². The molecule has 4 aromatic rings. The molecule has 4 aromatic carbocycles. The maximum absolute atomic E-state index is 7.35. The second kappa shape index (κ2) is 32.0. The maximum Gasteiger partial charge on any atom is 0.220 e. The van der Waals surface area contributed by atoms with Crippen LogP contribution in [0.3, 0.4) is 0 Å². The van der Waals surface area contributed by atoms with Crippen molar-refractivity contribution < 1.29 is 4.58 Å². The van der Waals surface area contributed by atoms with E-state index in [2.05, 4.69) is 197 Å². The molecule has 0 saturated carbocycles. The molecule has 0 atom stereocenters. The van der Waals surface area contributed by atoms with Crippen molar-refractivity contribution in [3.63, 3.8) is 0 Å². The van der Waals surface area contributed by atoms with E-state index in [1.807, 2.05) is 0 Å². The first kappa shape index (κ1) is 55.8. The summed E-state index contributed by atoms with van der Waals surface area (Å²) in [6.07, 6.45) is 21.2. The molecule has 0 aromatic heterocycles. The Labute approximate surface area is 434 Å². The van der Waals surface area contributed by atoms with Gasteiger partial charge in [-0.15, -0.1) is 0 Å². The molecule has 0 bridgehead atoms. The number of benzene rings is 4. The Morgan fingerprint density at radius 3 is 1.00 bits per heavy atom. The van der Waals surface area contributed by atoms with Crippen molar-refractivity contribution in [3.8, 4) is 0 Å². The molecule has 10 heteroatoms. The highest BCUT2D eigenvalue weighted by molar-refractivity contribution is 6.18. The molecular weight excluding hydrogens is 885 g/mol. The van der Waals surface area contributed by atoms with Gasteiger partial charge in [0.2, 0.25) is 43.3 Å². The van der Waals surface area contributed by atoms with Crippen molar-refractivity contribution in [2.45, 2.75) is 105 Å². The highest BCUT2D eigenvalue weighted by Crippen LogP contribution is 2.38. The summed E-state index contributed by atoms with van der Waals surface area (Å²) in [4.78, 5) is 24.1. The Bertz CT molecular complexity index is 2430. The lowest BCUT2D eigenvalue weighted by Gasteiger charge is -2.29. The van der Waals surface area contributed by atoms with Crippen molar-refractivity contribution in [1.29, 1.82) is 0 Å². The number of allylic oxidation sites excluding steroid dienone is 4. The minimum absolute atomic E-state index is 0.537. The van der Waals surface area contributed by atoms with Crippen LogP contribution in [-0.4, -0.2) is 94.5 Å². The van der Waals surface area contributed by atoms with Crippen LogP contribution in [0, 0.1) is 26.3 Å². The number of nitrogens with zero attached hydrogens (tertiary/aromatic N) is 10. The summed E-state index contributed by atoms with van der Waals surface area (Å²) in [6, 6.07) is 35.7. The van der Waals surface area contributed by atoms with E-state index in [0.29, 0.717) is 26.2 Å². The molecule has 72 heavy (non-hydrogen) atoms. The van der Waals surface area contributed by atoms with Gasteiger partial charge in [-0.25, -0.2) is 30.9 Å². The average molecular weight is 965 g/mol. The van der Waals surface area contributed by atoms with E-state index in [-0.39, 0.29) is 0 Å². The van der Waals surface area contributed by atoms with E-state index in [4.69, 9.17) is 26.3 Å². The van der Waals surface area contributed by atoms with Gasteiger partial charge in [0.15, 0.2) is 12.3 Å². The summed E-state index contributed by atoms with van der Waals surface area (Å²) in [5.74, 6) is 0. The fourth-order valence-electron chi connectivity index (χ4n) is 9.13. The quantitative estimate of drug-likeness (QED) is 0.0211. The topological polar surface area (TPSA) is 36.4 Å². The van der Waals surface area contributed by atoms with Gasteiger partial charge in [0.05, 0.1) is 6.42 Å². The zero-order valence-electron chi connectivity index (χ0n) is 44.0. The molecule has 0 aliphatic heterocycles. The van der Waals surface area contributed by atoms with Crippen LogP contribution in [-0.2, 0) is 0 Å². The standard InChI is InChI=1S/C62H80N10/c1-9-13-45-67(49-17-41-63-5)53-21-29-57(30-22-53)71(58-31-23-54(24-32-58)68(46-14-10-2)50-18-42-64-6)61-37-39-62(40-38-61)72(59-33-25-55(26-34-59)69(47-15-11-3)51-19-43-65-7)60-35-27-56(28-36-60)70(48-16-12-4)52-20-44-66-8/h21-40H,9-20,41-52H2,1-4H3/q+2. The molecule has 5 rings (SSSR count). The van der Waals surface area contributed by atoms with Gasteiger partial charge < -0.3 is 39.0 Å². The van der Waals surface area contributed by atoms with Gasteiger partial charge in [-0.1, -0.05) is 53.4 Å². The van der Waals surface area contributed by atoms with Crippen LogP contribution in [0.25, 0.3) is 19.4 Å². The number of rotatable bonds is 32. The van der Waals surface area contributed by atoms with Crippen molar-refractivity contribution in [1.82, 2.24) is 4.58 Å². The smallest absolute Gasteiger partial charge is 0.220 e. The van der Waals surface area contributed by atoms with Crippen LogP contribution in [0.2, 0.25) is 0 Å². The number of hydrogen-bond acceptors (Lipinski definition) is 4.